The second-order valence-corrected chi connectivity index (χ2v) is 6.87. The van der Waals surface area contributed by atoms with Crippen molar-refractivity contribution in [2.75, 3.05) is 0 Å². The minimum atomic E-state index is 0.449. The highest BCUT2D eigenvalue weighted by Gasteiger charge is 2.29. The van der Waals surface area contributed by atoms with Gasteiger partial charge in [-0.3, -0.25) is 9.38 Å². The summed E-state index contributed by atoms with van der Waals surface area (Å²) in [6.45, 7) is 14.5. The average molecular weight is 376 g/mol. The quantitative estimate of drug-likeness (QED) is 0.612. The molecule has 1 saturated carbocycles. The highest BCUT2D eigenvalue weighted by atomic mass is 79.9. The van der Waals surface area contributed by atoms with E-state index in [1.165, 1.54) is 18.5 Å². The van der Waals surface area contributed by atoms with Crippen molar-refractivity contribution in [3.05, 3.63) is 46.6 Å². The smallest absolute Gasteiger partial charge is 0.156 e. The largest absolute Gasteiger partial charge is 0.290 e. The maximum atomic E-state index is 4.68. The number of imidazole rings is 1. The van der Waals surface area contributed by atoms with Gasteiger partial charge in [-0.05, 0) is 47.2 Å². The molecule has 0 atom stereocenters. The van der Waals surface area contributed by atoms with E-state index in [4.69, 9.17) is 0 Å². The zero-order valence-electron chi connectivity index (χ0n) is 14.7. The molecule has 23 heavy (non-hydrogen) atoms. The van der Waals surface area contributed by atoms with Gasteiger partial charge in [0.25, 0.3) is 0 Å². The summed E-state index contributed by atoms with van der Waals surface area (Å²) in [4.78, 5) is 9.22. The number of fused-ring (bicyclic) bond motifs is 1. The Balaban J connectivity index is 0.000000924. The Morgan fingerprint density at radius 3 is 2.61 bits per heavy atom. The topological polar surface area (TPSA) is 30.2 Å². The molecule has 0 unspecified atom stereocenters. The second-order valence-electron chi connectivity index (χ2n) is 6.12. The lowest BCUT2D eigenvalue weighted by atomic mass is 10.0. The molecular formula is C19H26BrN3. The van der Waals surface area contributed by atoms with Crippen LogP contribution in [0, 0.1) is 5.92 Å². The molecule has 3 nitrogen and oxygen atoms in total. The van der Waals surface area contributed by atoms with Crippen LogP contribution in [0.4, 0.5) is 0 Å². The first-order valence-electron chi connectivity index (χ1n) is 8.38. The van der Waals surface area contributed by atoms with Crippen LogP contribution >= 0.6 is 15.9 Å². The van der Waals surface area contributed by atoms with Gasteiger partial charge >= 0.3 is 0 Å². The molecule has 0 bridgehead atoms. The lowest BCUT2D eigenvalue weighted by Gasteiger charge is -2.07. The van der Waals surface area contributed by atoms with Crippen molar-refractivity contribution in [1.82, 2.24) is 14.4 Å². The third-order valence-corrected chi connectivity index (χ3v) is 4.78. The zero-order valence-corrected chi connectivity index (χ0v) is 16.3. The number of hydrogen-bond donors (Lipinski definition) is 0. The van der Waals surface area contributed by atoms with Gasteiger partial charge in [0.15, 0.2) is 5.65 Å². The van der Waals surface area contributed by atoms with E-state index in [2.05, 4.69) is 69.9 Å². The van der Waals surface area contributed by atoms with Crippen LogP contribution in [0.15, 0.2) is 35.2 Å². The predicted octanol–water partition coefficient (Wildman–Crippen LogP) is 6.01. The third kappa shape index (κ3) is 3.92. The molecular weight excluding hydrogens is 350 g/mol. The fraction of sp³-hybridized carbons (Fsp3) is 0.474. The minimum absolute atomic E-state index is 0.449. The first kappa shape index (κ1) is 17.9. The van der Waals surface area contributed by atoms with Crippen molar-refractivity contribution >= 4 is 27.2 Å². The lowest BCUT2D eigenvalue weighted by Crippen LogP contribution is -1.95. The number of aromatic nitrogens is 3. The summed E-state index contributed by atoms with van der Waals surface area (Å²) in [5.41, 5.74) is 5.29. The Hall–Kier alpha value is -1.42. The highest BCUT2D eigenvalue weighted by Crippen LogP contribution is 2.42. The summed E-state index contributed by atoms with van der Waals surface area (Å²) >= 11 is 3.69. The monoisotopic (exact) mass is 375 g/mol. The van der Waals surface area contributed by atoms with Crippen molar-refractivity contribution in [2.45, 2.75) is 53.4 Å². The molecule has 0 aromatic carbocycles. The van der Waals surface area contributed by atoms with E-state index in [1.807, 2.05) is 20.0 Å². The van der Waals surface area contributed by atoms with Gasteiger partial charge in [0.1, 0.15) is 4.60 Å². The van der Waals surface area contributed by atoms with Crippen LogP contribution in [0.1, 0.15) is 64.8 Å². The average Bonchev–Trinajstić information content (AvgIpc) is 3.33. The minimum Gasteiger partial charge on any atom is -0.290 e. The molecule has 3 rings (SSSR count). The Kier molecular flexibility index (Phi) is 5.79. The molecule has 2 heterocycles. The van der Waals surface area contributed by atoms with Crippen LogP contribution in [0.2, 0.25) is 0 Å². The van der Waals surface area contributed by atoms with E-state index < -0.39 is 0 Å². The van der Waals surface area contributed by atoms with Crippen LogP contribution in [-0.4, -0.2) is 14.4 Å². The summed E-state index contributed by atoms with van der Waals surface area (Å²) in [5, 5.41) is 0. The Morgan fingerprint density at radius 2 is 2.04 bits per heavy atom. The normalized spacial score (nSPS) is 14.8. The van der Waals surface area contributed by atoms with E-state index >= 15 is 0 Å². The molecule has 2 aromatic heterocycles. The van der Waals surface area contributed by atoms with Gasteiger partial charge in [-0.25, -0.2) is 4.98 Å². The number of rotatable bonds is 4. The van der Waals surface area contributed by atoms with Gasteiger partial charge in [0.05, 0.1) is 17.6 Å². The number of halogens is 1. The molecule has 0 amide bonds. The maximum absolute atomic E-state index is 4.68. The summed E-state index contributed by atoms with van der Waals surface area (Å²) in [6.07, 6.45) is 8.51. The van der Waals surface area contributed by atoms with Crippen molar-refractivity contribution in [2.24, 2.45) is 5.92 Å². The summed E-state index contributed by atoms with van der Waals surface area (Å²) in [7, 11) is 0. The summed E-state index contributed by atoms with van der Waals surface area (Å²) in [5.74, 6) is 1.07. The van der Waals surface area contributed by atoms with Gasteiger partial charge < -0.3 is 0 Å². The van der Waals surface area contributed by atoms with Crippen LogP contribution in [-0.2, 0) is 0 Å². The van der Waals surface area contributed by atoms with Crippen molar-refractivity contribution in [1.29, 1.82) is 0 Å². The molecule has 0 spiro atoms. The molecule has 1 fully saturated rings. The molecule has 0 radical (unpaired) electrons. The first-order valence-corrected chi connectivity index (χ1v) is 9.17. The van der Waals surface area contributed by atoms with Gasteiger partial charge in [-0.1, -0.05) is 45.9 Å². The molecule has 1 aliphatic carbocycles. The van der Waals surface area contributed by atoms with Crippen LogP contribution in [0.5, 0.6) is 0 Å². The number of hydrogen-bond acceptors (Lipinski definition) is 2. The molecule has 2 aromatic rings. The van der Waals surface area contributed by atoms with Gasteiger partial charge in [0.2, 0.25) is 0 Å². The molecule has 0 N–H and O–H groups in total. The van der Waals surface area contributed by atoms with Gasteiger partial charge in [-0.2, -0.15) is 0 Å². The number of allylic oxidation sites excluding steroid dienone is 3. The summed E-state index contributed by atoms with van der Waals surface area (Å²) < 4.78 is 3.16. The SMILES string of the molecule is C=C(/C=C(\C)c1cn2c(Br)c(C3CC3)nc2cn1)C(C)C.CC. The van der Waals surface area contributed by atoms with Crippen molar-refractivity contribution < 1.29 is 0 Å². The lowest BCUT2D eigenvalue weighted by molar-refractivity contribution is 0.795. The highest BCUT2D eigenvalue weighted by molar-refractivity contribution is 9.10. The molecule has 1 aliphatic rings. The van der Waals surface area contributed by atoms with Crippen molar-refractivity contribution in [3.8, 4) is 0 Å². The number of nitrogens with zero attached hydrogens (tertiary/aromatic N) is 3. The molecule has 0 saturated heterocycles. The van der Waals surface area contributed by atoms with Crippen LogP contribution < -0.4 is 0 Å². The third-order valence-electron chi connectivity index (χ3n) is 3.99. The van der Waals surface area contributed by atoms with E-state index in [0.717, 1.165) is 27.1 Å². The van der Waals surface area contributed by atoms with Gasteiger partial charge in [0, 0.05) is 12.1 Å². The fourth-order valence-corrected chi connectivity index (χ4v) is 2.98. The second kappa shape index (κ2) is 7.43. The molecule has 4 heteroatoms. The van der Waals surface area contributed by atoms with E-state index in [9.17, 15) is 0 Å². The van der Waals surface area contributed by atoms with E-state index in [0.29, 0.717) is 11.8 Å². The Bertz CT molecular complexity index is 736. The van der Waals surface area contributed by atoms with E-state index in [-0.39, 0.29) is 0 Å². The Morgan fingerprint density at radius 1 is 1.39 bits per heavy atom. The predicted molar refractivity (Wildman–Crippen MR) is 102 cm³/mol. The maximum Gasteiger partial charge on any atom is 0.156 e. The summed E-state index contributed by atoms with van der Waals surface area (Å²) in [6, 6.07) is 0. The Labute approximate surface area is 147 Å². The molecule has 124 valence electrons. The zero-order chi connectivity index (χ0) is 17.1. The molecule has 0 aliphatic heterocycles. The standard InChI is InChI=1S/C17H20BrN3.C2H6/c1-10(2)11(3)7-12(4)14-9-21-15(8-19-14)20-16(17(21)18)13-5-6-13;1-2/h7-10,13H,3,5-6H2,1-2,4H3;1-2H3/b12-7+;. The van der Waals surface area contributed by atoms with Crippen LogP contribution in [0.3, 0.4) is 0 Å². The first-order chi connectivity index (χ1) is 11.0. The van der Waals surface area contributed by atoms with Crippen molar-refractivity contribution in [3.63, 3.8) is 0 Å². The van der Waals surface area contributed by atoms with Crippen LogP contribution in [0.25, 0.3) is 11.2 Å². The van der Waals surface area contributed by atoms with E-state index in [1.54, 1.807) is 0 Å². The fourth-order valence-electron chi connectivity index (χ4n) is 2.28. The van der Waals surface area contributed by atoms with Gasteiger partial charge in [-0.15, -0.1) is 0 Å².